The molecule has 0 unspecified atom stereocenters. The Labute approximate surface area is 136 Å². The molecule has 2 heterocycles. The van der Waals surface area contributed by atoms with Crippen molar-refractivity contribution in [1.29, 1.82) is 0 Å². The fourth-order valence-corrected chi connectivity index (χ4v) is 3.23. The zero-order valence-electron chi connectivity index (χ0n) is 13.2. The summed E-state index contributed by atoms with van der Waals surface area (Å²) in [4.78, 5) is 25.1. The maximum absolute atomic E-state index is 12.2. The second-order valence-corrected chi connectivity index (χ2v) is 6.34. The lowest BCUT2D eigenvalue weighted by Crippen LogP contribution is -2.47. The molecule has 2 aliphatic heterocycles. The largest absolute Gasteiger partial charge is 0.493 e. The van der Waals surface area contributed by atoms with Gasteiger partial charge in [0.2, 0.25) is 5.91 Å². The Balaban J connectivity index is 1.44. The van der Waals surface area contributed by atoms with Gasteiger partial charge in [0.25, 0.3) is 0 Å². The van der Waals surface area contributed by atoms with E-state index in [0.717, 1.165) is 12.2 Å². The Morgan fingerprint density at radius 3 is 2.74 bits per heavy atom. The van der Waals surface area contributed by atoms with Crippen molar-refractivity contribution in [2.24, 2.45) is 17.6 Å². The van der Waals surface area contributed by atoms with E-state index in [0.29, 0.717) is 39.1 Å². The summed E-state index contributed by atoms with van der Waals surface area (Å²) in [5, 5.41) is 2.99. The molecule has 124 valence electrons. The van der Waals surface area contributed by atoms with Crippen LogP contribution in [-0.2, 0) is 11.2 Å². The van der Waals surface area contributed by atoms with E-state index in [1.807, 2.05) is 18.2 Å². The van der Waals surface area contributed by atoms with Gasteiger partial charge in [0.15, 0.2) is 0 Å². The first-order valence-electron chi connectivity index (χ1n) is 8.16. The monoisotopic (exact) mass is 317 g/mol. The summed E-state index contributed by atoms with van der Waals surface area (Å²) in [7, 11) is 0. The van der Waals surface area contributed by atoms with Gasteiger partial charge in [0.05, 0.1) is 6.61 Å². The predicted molar refractivity (Wildman–Crippen MR) is 86.0 cm³/mol. The van der Waals surface area contributed by atoms with Gasteiger partial charge >= 0.3 is 6.03 Å². The first-order valence-corrected chi connectivity index (χ1v) is 8.16. The van der Waals surface area contributed by atoms with Crippen LogP contribution in [0.25, 0.3) is 0 Å². The number of primary amides is 1. The summed E-state index contributed by atoms with van der Waals surface area (Å²) in [6, 6.07) is 7.96. The number of piperidine rings is 1. The molecule has 1 fully saturated rings. The highest BCUT2D eigenvalue weighted by atomic mass is 16.5. The molecule has 1 aromatic rings. The Kier molecular flexibility index (Phi) is 4.69. The van der Waals surface area contributed by atoms with Crippen molar-refractivity contribution >= 4 is 11.9 Å². The third kappa shape index (κ3) is 3.75. The molecule has 1 atom stereocenters. The van der Waals surface area contributed by atoms with Gasteiger partial charge in [0.1, 0.15) is 5.75 Å². The first kappa shape index (κ1) is 15.6. The van der Waals surface area contributed by atoms with Gasteiger partial charge in [-0.2, -0.15) is 0 Å². The van der Waals surface area contributed by atoms with Crippen molar-refractivity contribution in [2.45, 2.75) is 19.3 Å². The van der Waals surface area contributed by atoms with Crippen molar-refractivity contribution in [1.82, 2.24) is 10.2 Å². The molecule has 6 nitrogen and oxygen atoms in total. The SMILES string of the molecule is NC(=O)C1CCN(C(=O)NC[C@@H]2COc3ccccc3C2)CC1. The number of carbonyl (C=O) groups is 2. The Hall–Kier alpha value is -2.24. The lowest BCUT2D eigenvalue weighted by molar-refractivity contribution is -0.123. The summed E-state index contributed by atoms with van der Waals surface area (Å²) >= 11 is 0. The smallest absolute Gasteiger partial charge is 0.317 e. The molecule has 3 rings (SSSR count). The number of para-hydroxylation sites is 1. The number of hydrogen-bond acceptors (Lipinski definition) is 3. The van der Waals surface area contributed by atoms with Crippen LogP contribution < -0.4 is 15.8 Å². The third-order valence-electron chi connectivity index (χ3n) is 4.68. The molecular weight excluding hydrogens is 294 g/mol. The fourth-order valence-electron chi connectivity index (χ4n) is 3.23. The van der Waals surface area contributed by atoms with Crippen LogP contribution >= 0.6 is 0 Å². The molecule has 0 saturated carbocycles. The van der Waals surface area contributed by atoms with Gasteiger partial charge < -0.3 is 20.7 Å². The molecule has 3 N–H and O–H groups in total. The van der Waals surface area contributed by atoms with Crippen molar-refractivity contribution < 1.29 is 14.3 Å². The van der Waals surface area contributed by atoms with Crippen molar-refractivity contribution in [3.8, 4) is 5.75 Å². The summed E-state index contributed by atoms with van der Waals surface area (Å²) in [6.45, 7) is 2.40. The van der Waals surface area contributed by atoms with Crippen molar-refractivity contribution in [3.05, 3.63) is 29.8 Å². The third-order valence-corrected chi connectivity index (χ3v) is 4.68. The minimum atomic E-state index is -0.261. The van der Waals surface area contributed by atoms with Gasteiger partial charge in [-0.15, -0.1) is 0 Å². The number of carbonyl (C=O) groups excluding carboxylic acids is 2. The van der Waals surface area contributed by atoms with E-state index >= 15 is 0 Å². The molecule has 6 heteroatoms. The molecule has 3 amide bonds. The number of ether oxygens (including phenoxy) is 1. The van der Waals surface area contributed by atoms with Crippen LogP contribution in [0, 0.1) is 11.8 Å². The van der Waals surface area contributed by atoms with Gasteiger partial charge in [-0.25, -0.2) is 4.79 Å². The molecular formula is C17H23N3O3. The van der Waals surface area contributed by atoms with E-state index < -0.39 is 0 Å². The van der Waals surface area contributed by atoms with Gasteiger partial charge in [-0.1, -0.05) is 18.2 Å². The Bertz CT molecular complexity index is 582. The minimum Gasteiger partial charge on any atom is -0.493 e. The quantitative estimate of drug-likeness (QED) is 0.877. The number of hydrogen-bond donors (Lipinski definition) is 2. The van der Waals surface area contributed by atoms with Crippen LogP contribution in [0.2, 0.25) is 0 Å². The zero-order chi connectivity index (χ0) is 16.2. The molecule has 0 radical (unpaired) electrons. The van der Waals surface area contributed by atoms with Crippen molar-refractivity contribution in [3.63, 3.8) is 0 Å². The number of amides is 3. The highest BCUT2D eigenvalue weighted by molar-refractivity contribution is 5.78. The number of urea groups is 1. The van der Waals surface area contributed by atoms with Gasteiger partial charge in [-0.3, -0.25) is 4.79 Å². The minimum absolute atomic E-state index is 0.0632. The standard InChI is InChI=1S/C17H23N3O3/c18-16(21)13-5-7-20(8-6-13)17(22)19-10-12-9-14-3-1-2-4-15(14)23-11-12/h1-4,12-13H,5-11H2,(H2,18,21)(H,19,22)/t12-/m1/s1. The number of nitrogens with zero attached hydrogens (tertiary/aromatic N) is 1. The van der Waals surface area contributed by atoms with E-state index in [1.54, 1.807) is 4.90 Å². The lowest BCUT2D eigenvalue weighted by atomic mass is 9.96. The van der Waals surface area contributed by atoms with Crippen LogP contribution in [0.1, 0.15) is 18.4 Å². The maximum Gasteiger partial charge on any atom is 0.317 e. The number of fused-ring (bicyclic) bond motifs is 1. The number of nitrogens with two attached hydrogens (primary N) is 1. The highest BCUT2D eigenvalue weighted by Gasteiger charge is 2.26. The van der Waals surface area contributed by atoms with E-state index in [9.17, 15) is 9.59 Å². The Morgan fingerprint density at radius 2 is 2.00 bits per heavy atom. The second kappa shape index (κ2) is 6.89. The topological polar surface area (TPSA) is 84.7 Å². The summed E-state index contributed by atoms with van der Waals surface area (Å²) in [5.74, 6) is 0.881. The average molecular weight is 317 g/mol. The molecule has 0 aliphatic carbocycles. The summed E-state index contributed by atoms with van der Waals surface area (Å²) in [6.07, 6.45) is 2.23. The highest BCUT2D eigenvalue weighted by Crippen LogP contribution is 2.26. The second-order valence-electron chi connectivity index (χ2n) is 6.34. The normalized spacial score (nSPS) is 21.2. The zero-order valence-corrected chi connectivity index (χ0v) is 13.2. The number of nitrogens with one attached hydrogen (secondary N) is 1. The molecule has 1 saturated heterocycles. The summed E-state index contributed by atoms with van der Waals surface area (Å²) < 4.78 is 5.74. The Morgan fingerprint density at radius 1 is 1.26 bits per heavy atom. The molecule has 2 aliphatic rings. The average Bonchev–Trinajstić information content (AvgIpc) is 2.59. The van der Waals surface area contributed by atoms with Crippen molar-refractivity contribution in [2.75, 3.05) is 26.2 Å². The first-order chi connectivity index (χ1) is 11.1. The lowest BCUT2D eigenvalue weighted by Gasteiger charge is -2.31. The number of benzene rings is 1. The molecule has 0 bridgehead atoms. The predicted octanol–water partition coefficient (Wildman–Crippen LogP) is 1.14. The molecule has 1 aromatic carbocycles. The van der Waals surface area contributed by atoms with E-state index in [2.05, 4.69) is 11.4 Å². The van der Waals surface area contributed by atoms with E-state index in [1.165, 1.54) is 5.56 Å². The van der Waals surface area contributed by atoms with Crippen LogP contribution in [0.5, 0.6) is 5.75 Å². The van der Waals surface area contributed by atoms with Crippen LogP contribution in [0.4, 0.5) is 4.79 Å². The molecule has 0 aromatic heterocycles. The van der Waals surface area contributed by atoms with E-state index in [-0.39, 0.29) is 23.8 Å². The number of likely N-dealkylation sites (tertiary alicyclic amines) is 1. The van der Waals surface area contributed by atoms with Gasteiger partial charge in [-0.05, 0) is 30.9 Å². The molecule has 0 spiro atoms. The fraction of sp³-hybridized carbons (Fsp3) is 0.529. The van der Waals surface area contributed by atoms with Crippen LogP contribution in [0.15, 0.2) is 24.3 Å². The van der Waals surface area contributed by atoms with Gasteiger partial charge in [0, 0.05) is 31.5 Å². The van der Waals surface area contributed by atoms with Crippen LogP contribution in [-0.4, -0.2) is 43.1 Å². The van der Waals surface area contributed by atoms with E-state index in [4.69, 9.17) is 10.5 Å². The summed E-state index contributed by atoms with van der Waals surface area (Å²) in [5.41, 5.74) is 6.51. The van der Waals surface area contributed by atoms with Crippen LogP contribution in [0.3, 0.4) is 0 Å². The number of rotatable bonds is 3. The maximum atomic E-state index is 12.2. The molecule has 23 heavy (non-hydrogen) atoms.